The predicted octanol–water partition coefficient (Wildman–Crippen LogP) is -0.0180. The van der Waals surface area contributed by atoms with E-state index >= 15 is 0 Å². The van der Waals surface area contributed by atoms with Gasteiger partial charge in [-0.1, -0.05) is 0 Å². The molecule has 14 heavy (non-hydrogen) atoms. The number of hydrogen-bond acceptors (Lipinski definition) is 3. The van der Waals surface area contributed by atoms with Crippen LogP contribution in [0.25, 0.3) is 0 Å². The van der Waals surface area contributed by atoms with Gasteiger partial charge in [-0.2, -0.15) is 0 Å². The number of nitrogens with two attached hydrogens (primary N) is 1. The van der Waals surface area contributed by atoms with Gasteiger partial charge in [0.1, 0.15) is 0 Å². The summed E-state index contributed by atoms with van der Waals surface area (Å²) in [7, 11) is 0. The SMILES string of the molecule is CC(C)(C)NC(=O)C1(N)CCNCC1. The molecule has 0 bridgehead atoms. The van der Waals surface area contributed by atoms with Crippen LogP contribution in [0, 0.1) is 0 Å². The Kier molecular flexibility index (Phi) is 3.17. The monoisotopic (exact) mass is 199 g/mol. The van der Waals surface area contributed by atoms with Crippen LogP contribution in [0.3, 0.4) is 0 Å². The quantitative estimate of drug-likeness (QED) is 0.556. The molecule has 4 heteroatoms. The minimum absolute atomic E-state index is 0.0218. The van der Waals surface area contributed by atoms with E-state index in [-0.39, 0.29) is 11.4 Å². The molecule has 1 aliphatic heterocycles. The highest BCUT2D eigenvalue weighted by molar-refractivity contribution is 5.86. The van der Waals surface area contributed by atoms with Crippen LogP contribution in [0.2, 0.25) is 0 Å². The predicted molar refractivity (Wildman–Crippen MR) is 56.9 cm³/mol. The minimum Gasteiger partial charge on any atom is -0.350 e. The van der Waals surface area contributed by atoms with Crippen molar-refractivity contribution >= 4 is 5.91 Å². The normalized spacial score (nSPS) is 21.7. The van der Waals surface area contributed by atoms with E-state index in [9.17, 15) is 4.79 Å². The fourth-order valence-corrected chi connectivity index (χ4v) is 1.57. The Morgan fingerprint density at radius 2 is 1.86 bits per heavy atom. The van der Waals surface area contributed by atoms with Crippen LogP contribution in [-0.2, 0) is 4.79 Å². The van der Waals surface area contributed by atoms with Crippen LogP contribution in [0.5, 0.6) is 0 Å². The average molecular weight is 199 g/mol. The van der Waals surface area contributed by atoms with Crippen molar-refractivity contribution in [3.63, 3.8) is 0 Å². The van der Waals surface area contributed by atoms with E-state index in [2.05, 4.69) is 10.6 Å². The molecule has 0 saturated carbocycles. The van der Waals surface area contributed by atoms with Gasteiger partial charge in [-0.3, -0.25) is 4.79 Å². The summed E-state index contributed by atoms with van der Waals surface area (Å²) >= 11 is 0. The maximum Gasteiger partial charge on any atom is 0.240 e. The summed E-state index contributed by atoms with van der Waals surface area (Å²) in [6.07, 6.45) is 1.43. The van der Waals surface area contributed by atoms with E-state index in [4.69, 9.17) is 5.73 Å². The molecule has 0 aromatic carbocycles. The number of carbonyl (C=O) groups excluding carboxylic acids is 1. The fourth-order valence-electron chi connectivity index (χ4n) is 1.57. The second kappa shape index (κ2) is 3.87. The Labute approximate surface area is 85.6 Å². The summed E-state index contributed by atoms with van der Waals surface area (Å²) in [5.74, 6) is -0.0218. The van der Waals surface area contributed by atoms with E-state index in [1.54, 1.807) is 0 Å². The van der Waals surface area contributed by atoms with Crippen molar-refractivity contribution in [3.8, 4) is 0 Å². The lowest BCUT2D eigenvalue weighted by Crippen LogP contribution is -2.61. The molecule has 0 radical (unpaired) electrons. The minimum atomic E-state index is -0.668. The van der Waals surface area contributed by atoms with Gasteiger partial charge in [0, 0.05) is 5.54 Å². The Morgan fingerprint density at radius 3 is 2.29 bits per heavy atom. The zero-order valence-electron chi connectivity index (χ0n) is 9.31. The molecule has 1 rings (SSSR count). The van der Waals surface area contributed by atoms with Gasteiger partial charge in [-0.25, -0.2) is 0 Å². The highest BCUT2D eigenvalue weighted by atomic mass is 16.2. The topological polar surface area (TPSA) is 67.2 Å². The number of piperidine rings is 1. The molecule has 1 aliphatic rings. The third-order valence-corrected chi connectivity index (χ3v) is 2.44. The highest BCUT2D eigenvalue weighted by Gasteiger charge is 2.36. The van der Waals surface area contributed by atoms with Crippen LogP contribution >= 0.6 is 0 Å². The zero-order valence-corrected chi connectivity index (χ0v) is 9.31. The van der Waals surface area contributed by atoms with E-state index < -0.39 is 5.54 Å². The van der Waals surface area contributed by atoms with Crippen molar-refractivity contribution in [2.45, 2.75) is 44.7 Å². The van der Waals surface area contributed by atoms with Gasteiger partial charge in [-0.05, 0) is 46.7 Å². The first-order valence-corrected chi connectivity index (χ1v) is 5.16. The number of rotatable bonds is 1. The molecule has 82 valence electrons. The third kappa shape index (κ3) is 2.96. The Bertz CT molecular complexity index is 214. The van der Waals surface area contributed by atoms with E-state index in [1.807, 2.05) is 20.8 Å². The van der Waals surface area contributed by atoms with Gasteiger partial charge in [0.2, 0.25) is 5.91 Å². The first kappa shape index (κ1) is 11.5. The van der Waals surface area contributed by atoms with Crippen molar-refractivity contribution in [3.05, 3.63) is 0 Å². The van der Waals surface area contributed by atoms with Gasteiger partial charge in [0.15, 0.2) is 0 Å². The molecule has 0 aliphatic carbocycles. The molecule has 1 fully saturated rings. The molecule has 0 unspecified atom stereocenters. The molecule has 0 aromatic heterocycles. The summed E-state index contributed by atoms with van der Waals surface area (Å²) in [5.41, 5.74) is 5.19. The second-order valence-corrected chi connectivity index (χ2v) is 5.11. The Balaban J connectivity index is 2.58. The molecular weight excluding hydrogens is 178 g/mol. The number of amides is 1. The van der Waals surface area contributed by atoms with Crippen LogP contribution in [0.4, 0.5) is 0 Å². The van der Waals surface area contributed by atoms with Crippen LogP contribution in [0.15, 0.2) is 0 Å². The number of nitrogens with one attached hydrogen (secondary N) is 2. The fraction of sp³-hybridized carbons (Fsp3) is 0.900. The van der Waals surface area contributed by atoms with Crippen molar-refractivity contribution in [2.75, 3.05) is 13.1 Å². The maximum absolute atomic E-state index is 11.9. The molecular formula is C10H21N3O. The Morgan fingerprint density at radius 1 is 1.36 bits per heavy atom. The van der Waals surface area contributed by atoms with E-state index in [0.29, 0.717) is 0 Å². The van der Waals surface area contributed by atoms with E-state index in [0.717, 1.165) is 25.9 Å². The van der Waals surface area contributed by atoms with Gasteiger partial charge < -0.3 is 16.4 Å². The first-order valence-electron chi connectivity index (χ1n) is 5.16. The molecule has 4 N–H and O–H groups in total. The van der Waals surface area contributed by atoms with Crippen LogP contribution in [0.1, 0.15) is 33.6 Å². The van der Waals surface area contributed by atoms with Gasteiger partial charge in [0.05, 0.1) is 5.54 Å². The summed E-state index contributed by atoms with van der Waals surface area (Å²) in [6.45, 7) is 7.56. The summed E-state index contributed by atoms with van der Waals surface area (Å²) < 4.78 is 0. The van der Waals surface area contributed by atoms with Gasteiger partial charge >= 0.3 is 0 Å². The standard InChI is InChI=1S/C10H21N3O/c1-9(2,3)13-8(14)10(11)4-6-12-7-5-10/h12H,4-7,11H2,1-3H3,(H,13,14). The largest absolute Gasteiger partial charge is 0.350 e. The highest BCUT2D eigenvalue weighted by Crippen LogP contribution is 2.16. The van der Waals surface area contributed by atoms with Crippen molar-refractivity contribution in [2.24, 2.45) is 5.73 Å². The van der Waals surface area contributed by atoms with Crippen LogP contribution in [-0.4, -0.2) is 30.1 Å². The lowest BCUT2D eigenvalue weighted by atomic mass is 9.88. The second-order valence-electron chi connectivity index (χ2n) is 5.11. The third-order valence-electron chi connectivity index (χ3n) is 2.44. The molecule has 0 aromatic rings. The first-order chi connectivity index (χ1) is 6.33. The summed E-state index contributed by atoms with van der Waals surface area (Å²) in [5, 5.41) is 6.14. The van der Waals surface area contributed by atoms with Gasteiger partial charge in [-0.15, -0.1) is 0 Å². The molecule has 4 nitrogen and oxygen atoms in total. The van der Waals surface area contributed by atoms with E-state index in [1.165, 1.54) is 0 Å². The van der Waals surface area contributed by atoms with Gasteiger partial charge in [0.25, 0.3) is 0 Å². The molecule has 0 atom stereocenters. The van der Waals surface area contributed by atoms with Crippen LogP contribution < -0.4 is 16.4 Å². The van der Waals surface area contributed by atoms with Crippen molar-refractivity contribution in [1.29, 1.82) is 0 Å². The average Bonchev–Trinajstić information content (AvgIpc) is 2.02. The molecule has 1 heterocycles. The Hall–Kier alpha value is -0.610. The summed E-state index contributed by atoms with van der Waals surface area (Å²) in [6, 6.07) is 0. The number of carbonyl (C=O) groups is 1. The maximum atomic E-state index is 11.9. The smallest absolute Gasteiger partial charge is 0.240 e. The molecule has 1 saturated heterocycles. The molecule has 0 spiro atoms. The summed E-state index contributed by atoms with van der Waals surface area (Å²) in [4.78, 5) is 11.9. The van der Waals surface area contributed by atoms with Crippen molar-refractivity contribution < 1.29 is 4.79 Å². The molecule has 1 amide bonds. The lowest BCUT2D eigenvalue weighted by molar-refractivity contribution is -0.128. The number of hydrogen-bond donors (Lipinski definition) is 3. The zero-order chi connectivity index (χ0) is 10.8. The van der Waals surface area contributed by atoms with Crippen molar-refractivity contribution in [1.82, 2.24) is 10.6 Å². The lowest BCUT2D eigenvalue weighted by Gasteiger charge is -2.35.